The molecule has 138 valence electrons. The zero-order valence-corrected chi connectivity index (χ0v) is 15.9. The standard InChI is InChI=1S/C19H24N4O2S/c1-22-18(16-7-6-14-4-2-3-5-15(14)12-16)20-21-19(22)26-13-17(24)23-8-10-25-11-9-23/h6-7,12H,2-5,8-11,13H2,1H3. The van der Waals surface area contributed by atoms with Gasteiger partial charge in [0.2, 0.25) is 5.91 Å². The molecule has 0 spiro atoms. The molecule has 0 N–H and O–H groups in total. The van der Waals surface area contributed by atoms with Gasteiger partial charge in [0.1, 0.15) is 0 Å². The third kappa shape index (κ3) is 3.64. The monoisotopic (exact) mass is 372 g/mol. The van der Waals surface area contributed by atoms with Gasteiger partial charge in [0.25, 0.3) is 0 Å². The van der Waals surface area contributed by atoms with E-state index in [2.05, 4.69) is 28.4 Å². The number of rotatable bonds is 4. The summed E-state index contributed by atoms with van der Waals surface area (Å²) in [6, 6.07) is 6.63. The van der Waals surface area contributed by atoms with Crippen LogP contribution >= 0.6 is 11.8 Å². The number of carbonyl (C=O) groups excluding carboxylic acids is 1. The lowest BCUT2D eigenvalue weighted by Crippen LogP contribution is -2.41. The quantitative estimate of drug-likeness (QED) is 0.771. The molecule has 0 radical (unpaired) electrons. The zero-order chi connectivity index (χ0) is 17.9. The number of hydrogen-bond acceptors (Lipinski definition) is 5. The van der Waals surface area contributed by atoms with Crippen molar-refractivity contribution in [1.29, 1.82) is 0 Å². The number of aromatic nitrogens is 3. The first-order valence-electron chi connectivity index (χ1n) is 9.22. The van der Waals surface area contributed by atoms with E-state index in [-0.39, 0.29) is 5.91 Å². The molecular weight excluding hydrogens is 348 g/mol. The Morgan fingerprint density at radius 2 is 1.92 bits per heavy atom. The van der Waals surface area contributed by atoms with Crippen LogP contribution < -0.4 is 0 Å². The first-order chi connectivity index (χ1) is 12.7. The number of amides is 1. The third-order valence-electron chi connectivity index (χ3n) is 5.13. The molecular formula is C19H24N4O2S. The van der Waals surface area contributed by atoms with E-state index >= 15 is 0 Å². The molecule has 1 aliphatic heterocycles. The van der Waals surface area contributed by atoms with E-state index in [0.29, 0.717) is 32.1 Å². The second-order valence-electron chi connectivity index (χ2n) is 6.84. The summed E-state index contributed by atoms with van der Waals surface area (Å²) in [5.74, 6) is 1.38. The van der Waals surface area contributed by atoms with Crippen molar-refractivity contribution >= 4 is 17.7 Å². The molecule has 7 heteroatoms. The second kappa shape index (κ2) is 7.80. The SMILES string of the molecule is Cn1c(SCC(=O)N2CCOCC2)nnc1-c1ccc2c(c1)CCCC2. The number of thioether (sulfide) groups is 1. The van der Waals surface area contributed by atoms with Crippen LogP contribution in [0.25, 0.3) is 11.4 Å². The number of carbonyl (C=O) groups is 1. The fraction of sp³-hybridized carbons (Fsp3) is 0.526. The summed E-state index contributed by atoms with van der Waals surface area (Å²) < 4.78 is 7.28. The van der Waals surface area contributed by atoms with Gasteiger partial charge in [0.05, 0.1) is 19.0 Å². The Hall–Kier alpha value is -1.86. The van der Waals surface area contributed by atoms with Crippen molar-refractivity contribution < 1.29 is 9.53 Å². The van der Waals surface area contributed by atoms with Gasteiger partial charge in [-0.15, -0.1) is 10.2 Å². The molecule has 1 aromatic heterocycles. The number of morpholine rings is 1. The Kier molecular flexibility index (Phi) is 5.26. The first-order valence-corrected chi connectivity index (χ1v) is 10.2. The van der Waals surface area contributed by atoms with Crippen molar-refractivity contribution in [2.45, 2.75) is 30.8 Å². The Morgan fingerprint density at radius 3 is 2.73 bits per heavy atom. The number of aryl methyl sites for hydroxylation is 2. The van der Waals surface area contributed by atoms with Crippen LogP contribution in [-0.4, -0.2) is 57.6 Å². The number of hydrogen-bond donors (Lipinski definition) is 0. The topological polar surface area (TPSA) is 60.2 Å². The largest absolute Gasteiger partial charge is 0.378 e. The Labute approximate surface area is 157 Å². The van der Waals surface area contributed by atoms with E-state index in [1.165, 1.54) is 42.2 Å². The molecule has 1 saturated heterocycles. The summed E-state index contributed by atoms with van der Waals surface area (Å²) in [7, 11) is 1.97. The van der Waals surface area contributed by atoms with E-state index in [1.807, 2.05) is 16.5 Å². The maximum absolute atomic E-state index is 12.3. The number of fused-ring (bicyclic) bond motifs is 1. The summed E-state index contributed by atoms with van der Waals surface area (Å²) in [4.78, 5) is 14.2. The van der Waals surface area contributed by atoms with Gasteiger partial charge >= 0.3 is 0 Å². The van der Waals surface area contributed by atoms with Crippen molar-refractivity contribution in [2.24, 2.45) is 7.05 Å². The van der Waals surface area contributed by atoms with Crippen molar-refractivity contribution in [3.63, 3.8) is 0 Å². The molecule has 1 aliphatic carbocycles. The van der Waals surface area contributed by atoms with Crippen molar-refractivity contribution in [2.75, 3.05) is 32.1 Å². The highest BCUT2D eigenvalue weighted by Crippen LogP contribution is 2.28. The Balaban J connectivity index is 1.45. The van der Waals surface area contributed by atoms with Crippen LogP contribution in [0.15, 0.2) is 23.4 Å². The summed E-state index contributed by atoms with van der Waals surface area (Å²) >= 11 is 1.45. The summed E-state index contributed by atoms with van der Waals surface area (Å²) in [5, 5.41) is 9.45. The van der Waals surface area contributed by atoms with Gasteiger partial charge in [-0.2, -0.15) is 0 Å². The van der Waals surface area contributed by atoms with Gasteiger partial charge in [-0.25, -0.2) is 0 Å². The minimum Gasteiger partial charge on any atom is -0.378 e. The first kappa shape index (κ1) is 17.5. The van der Waals surface area contributed by atoms with Gasteiger partial charge in [-0.1, -0.05) is 23.9 Å². The zero-order valence-electron chi connectivity index (χ0n) is 15.1. The van der Waals surface area contributed by atoms with Gasteiger partial charge in [-0.05, 0) is 42.9 Å². The highest BCUT2D eigenvalue weighted by Gasteiger charge is 2.19. The molecule has 1 fully saturated rings. The molecule has 2 heterocycles. The van der Waals surface area contributed by atoms with Crippen LogP contribution in [0.3, 0.4) is 0 Å². The molecule has 4 rings (SSSR count). The van der Waals surface area contributed by atoms with E-state index in [1.54, 1.807) is 0 Å². The molecule has 1 amide bonds. The predicted octanol–water partition coefficient (Wildman–Crippen LogP) is 2.31. The highest BCUT2D eigenvalue weighted by atomic mass is 32.2. The lowest BCUT2D eigenvalue weighted by molar-refractivity contribution is -0.132. The molecule has 6 nitrogen and oxygen atoms in total. The number of ether oxygens (including phenoxy) is 1. The summed E-state index contributed by atoms with van der Waals surface area (Å²) in [6.45, 7) is 2.61. The minimum absolute atomic E-state index is 0.136. The normalized spacial score (nSPS) is 17.2. The van der Waals surface area contributed by atoms with Crippen LogP contribution in [0, 0.1) is 0 Å². The van der Waals surface area contributed by atoms with Crippen LogP contribution in [0.2, 0.25) is 0 Å². The lowest BCUT2D eigenvalue weighted by atomic mass is 9.90. The van der Waals surface area contributed by atoms with Crippen LogP contribution in [0.5, 0.6) is 0 Å². The molecule has 1 aromatic carbocycles. The lowest BCUT2D eigenvalue weighted by Gasteiger charge is -2.26. The predicted molar refractivity (Wildman–Crippen MR) is 101 cm³/mol. The van der Waals surface area contributed by atoms with E-state index in [0.717, 1.165) is 23.0 Å². The van der Waals surface area contributed by atoms with Gasteiger partial charge in [0.15, 0.2) is 11.0 Å². The molecule has 2 aliphatic rings. The molecule has 0 unspecified atom stereocenters. The van der Waals surface area contributed by atoms with Crippen LogP contribution in [0.1, 0.15) is 24.0 Å². The third-order valence-corrected chi connectivity index (χ3v) is 6.14. The average molecular weight is 372 g/mol. The van der Waals surface area contributed by atoms with E-state index in [4.69, 9.17) is 4.74 Å². The van der Waals surface area contributed by atoms with Crippen LogP contribution in [-0.2, 0) is 29.4 Å². The number of benzene rings is 1. The molecule has 2 aromatic rings. The average Bonchev–Trinajstić information content (AvgIpc) is 3.07. The molecule has 0 bridgehead atoms. The van der Waals surface area contributed by atoms with Gasteiger partial charge < -0.3 is 14.2 Å². The van der Waals surface area contributed by atoms with Gasteiger partial charge in [0, 0.05) is 25.7 Å². The van der Waals surface area contributed by atoms with E-state index < -0.39 is 0 Å². The summed E-state index contributed by atoms with van der Waals surface area (Å²) in [5.41, 5.74) is 4.01. The van der Waals surface area contributed by atoms with Crippen LogP contribution in [0.4, 0.5) is 0 Å². The maximum Gasteiger partial charge on any atom is 0.233 e. The fourth-order valence-electron chi connectivity index (χ4n) is 3.59. The second-order valence-corrected chi connectivity index (χ2v) is 7.78. The van der Waals surface area contributed by atoms with Crippen molar-refractivity contribution in [1.82, 2.24) is 19.7 Å². The number of nitrogens with zero attached hydrogens (tertiary/aromatic N) is 4. The van der Waals surface area contributed by atoms with E-state index in [9.17, 15) is 4.79 Å². The maximum atomic E-state index is 12.3. The minimum atomic E-state index is 0.136. The van der Waals surface area contributed by atoms with Crippen molar-refractivity contribution in [3.05, 3.63) is 29.3 Å². The summed E-state index contributed by atoms with van der Waals surface area (Å²) in [6.07, 6.45) is 4.88. The Morgan fingerprint density at radius 1 is 1.15 bits per heavy atom. The highest BCUT2D eigenvalue weighted by molar-refractivity contribution is 7.99. The molecule has 0 atom stereocenters. The van der Waals surface area contributed by atoms with Gasteiger partial charge in [-0.3, -0.25) is 4.79 Å². The smallest absolute Gasteiger partial charge is 0.233 e. The fourth-order valence-corrected chi connectivity index (χ4v) is 4.41. The Bertz CT molecular complexity index is 799. The molecule has 26 heavy (non-hydrogen) atoms. The van der Waals surface area contributed by atoms with Crippen molar-refractivity contribution in [3.8, 4) is 11.4 Å². The molecule has 0 saturated carbocycles.